The third-order valence-corrected chi connectivity index (χ3v) is 9.59. The summed E-state index contributed by atoms with van der Waals surface area (Å²) in [4.78, 5) is 84.0. The van der Waals surface area contributed by atoms with Gasteiger partial charge in [-0.3, -0.25) is 28.8 Å². The maximum Gasteiger partial charge on any atom is 0.306 e. The first-order valence-electron chi connectivity index (χ1n) is 18.6. The first-order chi connectivity index (χ1) is 25.1. The van der Waals surface area contributed by atoms with Gasteiger partial charge in [-0.2, -0.15) is 0 Å². The van der Waals surface area contributed by atoms with Crippen LogP contribution in [0.1, 0.15) is 83.6 Å². The second-order valence-corrected chi connectivity index (χ2v) is 14.4. The van der Waals surface area contributed by atoms with E-state index in [2.05, 4.69) is 10.6 Å². The van der Waals surface area contributed by atoms with Crippen LogP contribution in [0.4, 0.5) is 0 Å². The number of nitrogens with two attached hydrogens (primary N) is 3. The van der Waals surface area contributed by atoms with Crippen LogP contribution in [-0.2, 0) is 35.2 Å². The lowest BCUT2D eigenvalue weighted by molar-refractivity contribution is -0.148. The number of hydrogen-bond acceptors (Lipinski definition) is 10. The summed E-state index contributed by atoms with van der Waals surface area (Å²) in [6.07, 6.45) is 6.09. The van der Waals surface area contributed by atoms with Gasteiger partial charge in [-0.25, -0.2) is 0 Å². The van der Waals surface area contributed by atoms with Gasteiger partial charge in [-0.05, 0) is 101 Å². The number of carboxylic acids is 1. The van der Waals surface area contributed by atoms with E-state index < -0.39 is 71.5 Å². The molecule has 2 rings (SSSR count). The standard InChI is InChI=1S/C38H61N7O8/c1-24(2)21-26(38(52)53)23-33(47)30(22-25-15-17-27(46)18-16-25)43-34(48)29-12-6-5-11-28(41)36(50)45(4)32(14-8-10-20-40)37(51)44(3)31(35(49)42-29)13-7-9-19-39/h5-6,15-18,24,26,28-32,46H,7-14,19-23,39-41H2,1-4H3,(H,42,49)(H,43,48)(H,52,53)/t26-,28+,29+,30+,31+,32+/m1/s1. The first-order valence-corrected chi connectivity index (χ1v) is 18.6. The topological polar surface area (TPSA) is 251 Å². The molecule has 1 heterocycles. The van der Waals surface area contributed by atoms with Gasteiger partial charge in [0.1, 0.15) is 23.9 Å². The van der Waals surface area contributed by atoms with Gasteiger partial charge in [0, 0.05) is 20.5 Å². The Morgan fingerprint density at radius 2 is 1.45 bits per heavy atom. The molecule has 1 aromatic rings. The average Bonchev–Trinajstić information content (AvgIpc) is 3.11. The van der Waals surface area contributed by atoms with Crippen LogP contribution in [0.25, 0.3) is 0 Å². The summed E-state index contributed by atoms with van der Waals surface area (Å²) >= 11 is 0. The number of rotatable bonds is 18. The van der Waals surface area contributed by atoms with Crippen LogP contribution in [0.5, 0.6) is 5.75 Å². The number of hydrogen-bond donors (Lipinski definition) is 7. The molecule has 0 aromatic heterocycles. The quantitative estimate of drug-likeness (QED) is 0.0831. The van der Waals surface area contributed by atoms with Crippen molar-refractivity contribution in [1.29, 1.82) is 0 Å². The molecule has 0 bridgehead atoms. The molecular weight excluding hydrogens is 682 g/mol. The summed E-state index contributed by atoms with van der Waals surface area (Å²) in [5, 5.41) is 25.2. The number of carbonyl (C=O) groups excluding carboxylic acids is 5. The first kappa shape index (κ1) is 44.8. The van der Waals surface area contributed by atoms with Crippen LogP contribution in [0.3, 0.4) is 0 Å². The molecule has 0 unspecified atom stereocenters. The zero-order valence-electron chi connectivity index (χ0n) is 31.7. The Morgan fingerprint density at radius 1 is 0.887 bits per heavy atom. The van der Waals surface area contributed by atoms with Gasteiger partial charge < -0.3 is 47.8 Å². The number of benzene rings is 1. The molecule has 0 spiro atoms. The van der Waals surface area contributed by atoms with Crippen LogP contribution in [0.2, 0.25) is 0 Å². The van der Waals surface area contributed by atoms with Crippen LogP contribution < -0.4 is 27.8 Å². The Bertz CT molecular complexity index is 1400. The zero-order valence-corrected chi connectivity index (χ0v) is 31.7. The Morgan fingerprint density at radius 3 is 2.02 bits per heavy atom. The van der Waals surface area contributed by atoms with Crippen molar-refractivity contribution >= 4 is 35.4 Å². The van der Waals surface area contributed by atoms with Gasteiger partial charge in [0.2, 0.25) is 23.6 Å². The number of Topliss-reactive ketones (excluding diaryl/α,β-unsaturated/α-hetero) is 1. The number of carboxylic acid groups (broad SMARTS) is 1. The number of nitrogens with one attached hydrogen (secondary N) is 2. The van der Waals surface area contributed by atoms with E-state index in [0.29, 0.717) is 50.8 Å². The highest BCUT2D eigenvalue weighted by atomic mass is 16.4. The number of carbonyl (C=O) groups is 6. The molecule has 6 atom stereocenters. The number of likely N-dealkylation sites (N-methyl/N-ethyl adjacent to an activating group) is 2. The number of amides is 4. The summed E-state index contributed by atoms with van der Waals surface area (Å²) in [6.45, 7) is 4.49. The number of nitrogens with zero attached hydrogens (tertiary/aromatic N) is 2. The van der Waals surface area contributed by atoms with E-state index in [9.17, 15) is 39.0 Å². The van der Waals surface area contributed by atoms with Crippen molar-refractivity contribution in [2.24, 2.45) is 29.0 Å². The fraction of sp³-hybridized carbons (Fsp3) is 0.632. The number of phenols is 1. The lowest BCUT2D eigenvalue weighted by atomic mass is 9.89. The van der Waals surface area contributed by atoms with Crippen LogP contribution in [-0.4, -0.2) is 113 Å². The van der Waals surface area contributed by atoms with Gasteiger partial charge in [0.05, 0.1) is 18.0 Å². The Labute approximate surface area is 313 Å². The zero-order chi connectivity index (χ0) is 39.7. The van der Waals surface area contributed by atoms with E-state index in [1.807, 2.05) is 13.8 Å². The fourth-order valence-electron chi connectivity index (χ4n) is 6.44. The molecule has 10 N–H and O–H groups in total. The van der Waals surface area contributed by atoms with Crippen molar-refractivity contribution in [1.82, 2.24) is 20.4 Å². The lowest BCUT2D eigenvalue weighted by Crippen LogP contribution is -2.59. The van der Waals surface area contributed by atoms with Gasteiger partial charge in [-0.15, -0.1) is 0 Å². The summed E-state index contributed by atoms with van der Waals surface area (Å²) in [6, 6.07) is 0.814. The smallest absolute Gasteiger partial charge is 0.306 e. The van der Waals surface area contributed by atoms with Crippen molar-refractivity contribution in [3.63, 3.8) is 0 Å². The molecular formula is C38H61N7O8. The molecule has 0 radical (unpaired) electrons. The number of phenolic OH excluding ortho intramolecular Hbond substituents is 1. The van der Waals surface area contributed by atoms with Crippen LogP contribution >= 0.6 is 0 Å². The normalized spacial score (nSPS) is 21.5. The molecule has 4 amide bonds. The average molecular weight is 744 g/mol. The molecule has 1 aliphatic rings. The largest absolute Gasteiger partial charge is 0.508 e. The van der Waals surface area contributed by atoms with Crippen molar-refractivity contribution in [3.8, 4) is 5.75 Å². The van der Waals surface area contributed by atoms with Crippen molar-refractivity contribution in [2.75, 3.05) is 27.2 Å². The summed E-state index contributed by atoms with van der Waals surface area (Å²) < 4.78 is 0. The number of unbranched alkanes of at least 4 members (excludes halogenated alkanes) is 2. The van der Waals surface area contributed by atoms with E-state index in [-0.39, 0.29) is 50.2 Å². The van der Waals surface area contributed by atoms with Gasteiger partial charge >= 0.3 is 5.97 Å². The van der Waals surface area contributed by atoms with E-state index in [1.54, 1.807) is 24.3 Å². The molecule has 53 heavy (non-hydrogen) atoms. The SMILES string of the molecule is CC(C)C[C@H](CC(=O)[C@H](Cc1ccc(O)cc1)NC(=O)[C@@H]1CC=CC[C@H](N)C(=O)N(C)[C@@H](CCCCN)C(=O)N(C)[C@@H](CCCCN)C(=O)N1)C(=O)O. The monoisotopic (exact) mass is 743 g/mol. The van der Waals surface area contributed by atoms with E-state index in [1.165, 1.54) is 36.0 Å². The highest BCUT2D eigenvalue weighted by Crippen LogP contribution is 2.21. The molecule has 15 heteroatoms. The molecule has 1 aliphatic heterocycles. The molecule has 1 aromatic carbocycles. The maximum absolute atomic E-state index is 14.1. The number of aromatic hydroxyl groups is 1. The molecule has 0 saturated carbocycles. The molecule has 15 nitrogen and oxygen atoms in total. The Balaban J connectivity index is 2.52. The number of ketones is 1. The molecule has 296 valence electrons. The van der Waals surface area contributed by atoms with Gasteiger partial charge in [0.15, 0.2) is 5.78 Å². The minimum absolute atomic E-state index is 0.00432. The summed E-state index contributed by atoms with van der Waals surface area (Å²) in [5.74, 6) is -4.76. The highest BCUT2D eigenvalue weighted by Gasteiger charge is 2.37. The Kier molecular flexibility index (Phi) is 19.2. The third-order valence-electron chi connectivity index (χ3n) is 9.59. The van der Waals surface area contributed by atoms with Gasteiger partial charge in [-0.1, -0.05) is 38.1 Å². The van der Waals surface area contributed by atoms with Crippen molar-refractivity contribution < 1.29 is 39.0 Å². The predicted octanol–water partition coefficient (Wildman–Crippen LogP) is 1.20. The fourth-order valence-corrected chi connectivity index (χ4v) is 6.44. The second-order valence-electron chi connectivity index (χ2n) is 14.4. The molecule has 0 aliphatic carbocycles. The summed E-state index contributed by atoms with van der Waals surface area (Å²) in [5.41, 5.74) is 18.3. The van der Waals surface area contributed by atoms with E-state index in [0.717, 1.165) is 0 Å². The van der Waals surface area contributed by atoms with Crippen LogP contribution in [0.15, 0.2) is 36.4 Å². The van der Waals surface area contributed by atoms with Crippen molar-refractivity contribution in [3.05, 3.63) is 42.0 Å². The second kappa shape index (κ2) is 22.7. The minimum Gasteiger partial charge on any atom is -0.508 e. The van der Waals surface area contributed by atoms with Gasteiger partial charge in [0.25, 0.3) is 0 Å². The molecule has 0 fully saturated rings. The predicted molar refractivity (Wildman–Crippen MR) is 201 cm³/mol. The number of aliphatic carboxylic acids is 1. The minimum atomic E-state index is -1.21. The maximum atomic E-state index is 14.1. The van der Waals surface area contributed by atoms with Crippen molar-refractivity contribution in [2.45, 2.75) is 115 Å². The van der Waals surface area contributed by atoms with E-state index >= 15 is 0 Å². The van der Waals surface area contributed by atoms with Crippen LogP contribution in [0, 0.1) is 11.8 Å². The Hall–Kier alpha value is -4.34. The highest BCUT2D eigenvalue weighted by molar-refractivity contribution is 5.96. The third kappa shape index (κ3) is 14.5. The summed E-state index contributed by atoms with van der Waals surface area (Å²) in [7, 11) is 3.02. The lowest BCUT2D eigenvalue weighted by Gasteiger charge is -2.36. The van der Waals surface area contributed by atoms with E-state index in [4.69, 9.17) is 17.2 Å². The molecule has 0 saturated heterocycles.